The van der Waals surface area contributed by atoms with Crippen molar-refractivity contribution in [2.75, 3.05) is 33.2 Å². The van der Waals surface area contributed by atoms with Crippen molar-refractivity contribution in [3.05, 3.63) is 50.5 Å². The molecule has 0 saturated carbocycles. The number of nitrogens with two attached hydrogens (primary N) is 1. The topological polar surface area (TPSA) is 218 Å². The van der Waals surface area contributed by atoms with Gasteiger partial charge in [0.05, 0.1) is 40.4 Å². The first-order chi connectivity index (χ1) is 22.7. The predicted octanol–water partition coefficient (Wildman–Crippen LogP) is 0.247. The van der Waals surface area contributed by atoms with E-state index in [1.165, 1.54) is 35.7 Å². The lowest BCUT2D eigenvalue weighted by Gasteiger charge is -2.46. The van der Waals surface area contributed by atoms with E-state index in [2.05, 4.69) is 10.3 Å². The maximum absolute atomic E-state index is 13.6. The number of rotatable bonds is 10. The Morgan fingerprint density at radius 1 is 1.21 bits per heavy atom. The molecule has 4 aliphatic rings. The average Bonchev–Trinajstić information content (AvgIpc) is 3.70. The molecule has 0 bridgehead atoms. The number of fused-ring (bicyclic) bond motifs is 1. The van der Waals surface area contributed by atoms with Crippen molar-refractivity contribution >= 4 is 52.9 Å². The van der Waals surface area contributed by atoms with Gasteiger partial charge in [0.15, 0.2) is 0 Å². The number of likely N-dealkylation sites (tertiary alicyclic amines) is 2. The molecule has 4 aliphatic heterocycles. The Morgan fingerprint density at radius 2 is 1.90 bits per heavy atom. The molecule has 3 fully saturated rings. The SMILES string of the molecule is CC(N)=NCC(=O)N[C@H]1CCN(C(=O)[C@@H]2CC(SC3=C(C(=O)OC(=O)c4ccc([N+](=O)[O-])cc4)N4C(=O)[C@H]([C@@H](C)O)[C@H]4[C@H]3C)CN2C)C1. The van der Waals surface area contributed by atoms with Crippen LogP contribution in [-0.2, 0) is 23.9 Å². The molecule has 16 nitrogen and oxygen atoms in total. The molecule has 17 heteroatoms. The smallest absolute Gasteiger partial charge is 0.363 e. The first-order valence-corrected chi connectivity index (χ1v) is 16.5. The number of likely N-dealkylation sites (N-methyl/N-ethyl adjacent to an activating group) is 1. The number of amidine groups is 1. The molecule has 1 aromatic rings. The van der Waals surface area contributed by atoms with Crippen LogP contribution in [0.15, 0.2) is 39.9 Å². The summed E-state index contributed by atoms with van der Waals surface area (Å²) in [5.41, 5.74) is 5.12. The number of esters is 2. The van der Waals surface area contributed by atoms with Gasteiger partial charge in [-0.1, -0.05) is 6.92 Å². The van der Waals surface area contributed by atoms with Gasteiger partial charge in [-0.3, -0.25) is 34.4 Å². The molecular weight excluding hydrogens is 646 g/mol. The Hall–Kier alpha value is -4.35. The van der Waals surface area contributed by atoms with E-state index < -0.39 is 46.9 Å². The number of aliphatic imine (C=N–C) groups is 1. The van der Waals surface area contributed by atoms with E-state index in [1.54, 1.807) is 11.8 Å². The number of nitro groups is 1. The average molecular weight is 686 g/mol. The zero-order valence-corrected chi connectivity index (χ0v) is 27.8. The van der Waals surface area contributed by atoms with Crippen LogP contribution in [0.5, 0.6) is 0 Å². The third kappa shape index (κ3) is 6.93. The van der Waals surface area contributed by atoms with Crippen LogP contribution in [0, 0.1) is 22.0 Å². The molecule has 0 aromatic heterocycles. The highest BCUT2D eigenvalue weighted by atomic mass is 32.2. The molecule has 0 radical (unpaired) electrons. The van der Waals surface area contributed by atoms with E-state index >= 15 is 0 Å². The van der Waals surface area contributed by atoms with Gasteiger partial charge in [0, 0.05) is 53.9 Å². The second-order valence-electron chi connectivity index (χ2n) is 12.7. The second kappa shape index (κ2) is 14.0. The number of carbonyl (C=O) groups excluding carboxylic acids is 5. The standard InChI is InChI=1S/C31H39N7O9S/c1-15-25-24(16(2)39)29(42)37(25)26(31(44)47-30(43)18-5-7-20(8-6-18)38(45)46)27(15)48-21-11-22(35(4)14-21)28(41)36-10-9-19(13-36)34-23(40)12-33-17(3)32/h5-8,15-16,19,21-22,24-25,39H,9-14H2,1-4H3,(H2,32,33)(H,34,40)/t15-,16-,19+,21?,22+,24-,25-/m1/s1. The minimum absolute atomic E-state index is 0.0666. The second-order valence-corrected chi connectivity index (χ2v) is 14.0. The predicted molar refractivity (Wildman–Crippen MR) is 173 cm³/mol. The van der Waals surface area contributed by atoms with E-state index in [1.807, 2.05) is 18.9 Å². The maximum atomic E-state index is 13.6. The third-order valence-corrected chi connectivity index (χ3v) is 10.7. The summed E-state index contributed by atoms with van der Waals surface area (Å²) < 4.78 is 5.18. The van der Waals surface area contributed by atoms with Crippen LogP contribution in [0.1, 0.15) is 44.0 Å². The monoisotopic (exact) mass is 685 g/mol. The van der Waals surface area contributed by atoms with Gasteiger partial charge < -0.3 is 30.7 Å². The third-order valence-electron chi connectivity index (χ3n) is 9.23. The van der Waals surface area contributed by atoms with Crippen molar-refractivity contribution in [3.63, 3.8) is 0 Å². The van der Waals surface area contributed by atoms with Gasteiger partial charge in [0.1, 0.15) is 12.2 Å². The number of hydrogen-bond donors (Lipinski definition) is 3. The van der Waals surface area contributed by atoms with Crippen molar-refractivity contribution in [1.82, 2.24) is 20.0 Å². The van der Waals surface area contributed by atoms with Crippen molar-refractivity contribution < 1.29 is 38.7 Å². The Bertz CT molecular complexity index is 1580. The number of nitrogens with one attached hydrogen (secondary N) is 1. The van der Waals surface area contributed by atoms with Gasteiger partial charge in [0.2, 0.25) is 17.7 Å². The summed E-state index contributed by atoms with van der Waals surface area (Å²) in [5.74, 6) is -3.64. The quantitative estimate of drug-likeness (QED) is 0.0574. The number of benzene rings is 1. The molecule has 3 amide bonds. The first kappa shape index (κ1) is 35.0. The van der Waals surface area contributed by atoms with E-state index in [0.29, 0.717) is 43.2 Å². The fourth-order valence-electron chi connectivity index (χ4n) is 6.84. The lowest BCUT2D eigenvalue weighted by molar-refractivity contribution is -0.384. The number of hydrogen-bond acceptors (Lipinski definition) is 12. The number of β-lactam (4-membered cyclic amide) rings is 1. The maximum Gasteiger partial charge on any atom is 0.363 e. The highest BCUT2D eigenvalue weighted by Gasteiger charge is 2.60. The molecule has 1 unspecified atom stereocenters. The Kier molecular flexibility index (Phi) is 10.2. The van der Waals surface area contributed by atoms with Gasteiger partial charge >= 0.3 is 11.9 Å². The van der Waals surface area contributed by atoms with Crippen LogP contribution in [0.2, 0.25) is 0 Å². The number of amides is 3. The summed E-state index contributed by atoms with van der Waals surface area (Å²) in [6.07, 6.45) is 0.106. The zero-order chi connectivity index (χ0) is 35.0. The summed E-state index contributed by atoms with van der Waals surface area (Å²) in [6.45, 7) is 6.25. The van der Waals surface area contributed by atoms with Gasteiger partial charge in [-0.05, 0) is 45.9 Å². The fourth-order valence-corrected chi connectivity index (χ4v) is 8.44. The van der Waals surface area contributed by atoms with Crippen molar-refractivity contribution in [3.8, 4) is 0 Å². The molecule has 0 spiro atoms. The summed E-state index contributed by atoms with van der Waals surface area (Å²) in [5, 5.41) is 24.1. The van der Waals surface area contributed by atoms with Gasteiger partial charge in [-0.2, -0.15) is 0 Å². The Morgan fingerprint density at radius 3 is 2.52 bits per heavy atom. The van der Waals surface area contributed by atoms with E-state index in [-0.39, 0.29) is 52.5 Å². The number of carbonyl (C=O) groups is 5. The summed E-state index contributed by atoms with van der Waals surface area (Å²) >= 11 is 1.36. The van der Waals surface area contributed by atoms with E-state index in [4.69, 9.17) is 10.5 Å². The van der Waals surface area contributed by atoms with Crippen LogP contribution in [-0.4, -0.2) is 123 Å². The molecule has 0 aliphatic carbocycles. The minimum Gasteiger partial charge on any atom is -0.393 e. The minimum atomic E-state index is -1.04. The normalized spacial score (nSPS) is 27.9. The molecule has 48 heavy (non-hydrogen) atoms. The molecular formula is C31H39N7O9S. The van der Waals surface area contributed by atoms with Crippen LogP contribution in [0.25, 0.3) is 0 Å². The van der Waals surface area contributed by atoms with Gasteiger partial charge in [-0.25, -0.2) is 9.59 Å². The Labute approximate surface area is 280 Å². The molecule has 3 saturated heterocycles. The molecule has 7 atom stereocenters. The van der Waals surface area contributed by atoms with E-state index in [0.717, 1.165) is 12.1 Å². The summed E-state index contributed by atoms with van der Waals surface area (Å²) in [7, 11) is 1.84. The molecule has 4 N–H and O–H groups in total. The van der Waals surface area contributed by atoms with Crippen LogP contribution >= 0.6 is 11.8 Å². The zero-order valence-electron chi connectivity index (χ0n) is 27.0. The van der Waals surface area contributed by atoms with Crippen molar-refractivity contribution in [2.45, 2.75) is 63.1 Å². The number of aliphatic hydroxyl groups excluding tert-OH is 1. The van der Waals surface area contributed by atoms with Crippen LogP contribution in [0.4, 0.5) is 5.69 Å². The van der Waals surface area contributed by atoms with Crippen LogP contribution < -0.4 is 11.1 Å². The van der Waals surface area contributed by atoms with E-state index in [9.17, 15) is 39.2 Å². The summed E-state index contributed by atoms with van der Waals surface area (Å²) in [4.78, 5) is 85.1. The van der Waals surface area contributed by atoms with Gasteiger partial charge in [0.25, 0.3) is 5.69 Å². The Balaban J connectivity index is 1.28. The number of non-ortho nitro benzene ring substituents is 1. The first-order valence-electron chi connectivity index (χ1n) is 15.7. The number of nitro benzene ring substituents is 1. The number of aliphatic hydroxyl groups is 1. The molecule has 1 aromatic carbocycles. The molecule has 258 valence electrons. The molecule has 4 heterocycles. The lowest BCUT2D eigenvalue weighted by Crippen LogP contribution is -2.63. The summed E-state index contributed by atoms with van der Waals surface area (Å²) in [6, 6.07) is 3.44. The molecule has 5 rings (SSSR count). The fraction of sp³-hybridized carbons (Fsp3) is 0.548. The van der Waals surface area contributed by atoms with Gasteiger partial charge in [-0.15, -0.1) is 11.8 Å². The number of nitrogens with zero attached hydrogens (tertiary/aromatic N) is 5. The lowest BCUT2D eigenvalue weighted by atomic mass is 9.79. The van der Waals surface area contributed by atoms with Crippen molar-refractivity contribution in [1.29, 1.82) is 0 Å². The van der Waals surface area contributed by atoms with Crippen LogP contribution in [0.3, 0.4) is 0 Å². The highest BCUT2D eigenvalue weighted by Crippen LogP contribution is 2.52. The number of ether oxygens (including phenoxy) is 1. The largest absolute Gasteiger partial charge is 0.393 e. The highest BCUT2D eigenvalue weighted by molar-refractivity contribution is 8.03. The van der Waals surface area contributed by atoms with Crippen molar-refractivity contribution in [2.24, 2.45) is 22.6 Å². The number of thioether (sulfide) groups is 1.